The second-order valence-electron chi connectivity index (χ2n) is 7.99. The molecular formula is C21H28N4O8. The van der Waals surface area contributed by atoms with Gasteiger partial charge in [-0.05, 0) is 37.1 Å². The Morgan fingerprint density at radius 2 is 1.64 bits per heavy atom. The van der Waals surface area contributed by atoms with E-state index in [1.54, 1.807) is 26.0 Å². The van der Waals surface area contributed by atoms with E-state index in [1.165, 1.54) is 4.57 Å². The Bertz CT molecular complexity index is 1220. The fraction of sp³-hybridized carbons (Fsp3) is 0.476. The molecule has 0 fully saturated rings. The van der Waals surface area contributed by atoms with Gasteiger partial charge in [0.15, 0.2) is 11.5 Å². The highest BCUT2D eigenvalue weighted by Crippen LogP contribution is 2.24. The molecular weight excluding hydrogens is 436 g/mol. The molecule has 0 saturated carbocycles. The highest BCUT2D eigenvalue weighted by Gasteiger charge is 2.27. The average Bonchev–Trinajstić information content (AvgIpc) is 2.74. The summed E-state index contributed by atoms with van der Waals surface area (Å²) in [5.74, 6) is -1.02. The summed E-state index contributed by atoms with van der Waals surface area (Å²) < 4.78 is 1.40. The molecule has 12 heteroatoms. The van der Waals surface area contributed by atoms with Crippen LogP contribution in [-0.4, -0.2) is 75.9 Å². The van der Waals surface area contributed by atoms with Crippen LogP contribution in [-0.2, 0) is 11.3 Å². The van der Waals surface area contributed by atoms with E-state index in [4.69, 9.17) is 10.2 Å². The lowest BCUT2D eigenvalue weighted by Crippen LogP contribution is -2.42. The van der Waals surface area contributed by atoms with Crippen LogP contribution in [0.1, 0.15) is 25.0 Å². The Morgan fingerprint density at radius 3 is 2.18 bits per heavy atom. The van der Waals surface area contributed by atoms with E-state index in [0.29, 0.717) is 11.0 Å². The van der Waals surface area contributed by atoms with Crippen molar-refractivity contribution in [1.29, 1.82) is 0 Å². The van der Waals surface area contributed by atoms with Gasteiger partial charge in [0.25, 0.3) is 5.56 Å². The van der Waals surface area contributed by atoms with Crippen molar-refractivity contribution in [3.8, 4) is 11.5 Å². The van der Waals surface area contributed by atoms with Crippen molar-refractivity contribution in [2.75, 3.05) is 6.61 Å². The van der Waals surface area contributed by atoms with Crippen LogP contribution in [0, 0.1) is 19.8 Å². The second kappa shape index (κ2) is 10.6. The highest BCUT2D eigenvalue weighted by molar-refractivity contribution is 5.81. The largest absolute Gasteiger partial charge is 0.481 e. The van der Waals surface area contributed by atoms with Crippen LogP contribution in [0.4, 0.5) is 0 Å². The number of nitrogens with one attached hydrogen (secondary N) is 1. The summed E-state index contributed by atoms with van der Waals surface area (Å²) in [5.41, 5.74) is 1.11. The summed E-state index contributed by atoms with van der Waals surface area (Å²) in [5, 5.41) is 46.8. The number of hydrogen-bond donors (Lipinski definition) is 6. The first kappa shape index (κ1) is 26.1. The minimum absolute atomic E-state index is 0.0516. The summed E-state index contributed by atoms with van der Waals surface area (Å²) in [7, 11) is 0. The zero-order chi connectivity index (χ0) is 25.0. The molecule has 2 aliphatic rings. The molecule has 0 saturated heterocycles. The number of fused-ring (bicyclic) bond motifs is 2. The predicted octanol–water partition coefficient (Wildman–Crippen LogP) is -0.997. The lowest BCUT2D eigenvalue weighted by Gasteiger charge is -2.25. The number of carbonyl (C=O) groups is 1. The molecule has 0 spiro atoms. The molecule has 1 aromatic rings. The number of carboxylic acid groups (broad SMARTS) is 1. The van der Waals surface area contributed by atoms with Gasteiger partial charge in [0.1, 0.15) is 18.3 Å². The summed E-state index contributed by atoms with van der Waals surface area (Å²) in [6.45, 7) is 6.01. The topological polar surface area (TPSA) is 199 Å². The van der Waals surface area contributed by atoms with Crippen molar-refractivity contribution in [1.82, 2.24) is 19.5 Å². The number of rotatable bonds is 6. The maximum atomic E-state index is 12.2. The molecule has 0 amide bonds. The number of H-pyrrole nitrogens is 1. The number of carboxylic acids is 1. The monoisotopic (exact) mass is 464 g/mol. The van der Waals surface area contributed by atoms with Gasteiger partial charge in [0.05, 0.1) is 30.1 Å². The van der Waals surface area contributed by atoms with Crippen molar-refractivity contribution in [2.45, 2.75) is 52.6 Å². The van der Waals surface area contributed by atoms with Crippen molar-refractivity contribution < 1.29 is 30.3 Å². The van der Waals surface area contributed by atoms with Crippen LogP contribution in [0.15, 0.2) is 21.7 Å². The molecule has 0 bridgehead atoms. The van der Waals surface area contributed by atoms with E-state index >= 15 is 0 Å². The lowest BCUT2D eigenvalue weighted by atomic mass is 10.1. The van der Waals surface area contributed by atoms with Crippen LogP contribution in [0.3, 0.4) is 0 Å². The number of nitrogens with zero attached hydrogens (tertiary/aromatic N) is 3. The predicted molar refractivity (Wildman–Crippen MR) is 118 cm³/mol. The molecule has 180 valence electrons. The molecule has 6 N–H and O–H groups in total. The van der Waals surface area contributed by atoms with E-state index in [9.17, 15) is 29.7 Å². The zero-order valence-electron chi connectivity index (χ0n) is 18.7. The Kier molecular flexibility index (Phi) is 8.39. The van der Waals surface area contributed by atoms with Gasteiger partial charge in [0, 0.05) is 0 Å². The molecule has 33 heavy (non-hydrogen) atoms. The molecule has 12 nitrogen and oxygen atoms in total. The van der Waals surface area contributed by atoms with Gasteiger partial charge in [-0.15, -0.1) is 0 Å². The maximum absolute atomic E-state index is 12.2. The van der Waals surface area contributed by atoms with E-state index in [2.05, 4.69) is 15.0 Å². The summed E-state index contributed by atoms with van der Waals surface area (Å²) in [6.07, 6.45) is -4.68. The first-order valence-electron chi connectivity index (χ1n) is 10.2. The van der Waals surface area contributed by atoms with Crippen LogP contribution in [0.25, 0.3) is 22.6 Å². The standard InChI is InChI=1S/C17H20N4O6.C4H8O2/c1-7-3-9-10(4-8(7)2)21(5-11(23)14(25)12(24)6-22)15-13(18-9)16(26)20-17(27)19-15;1-3(2)4(5)6/h3-4,11-12,14,22-25H,5-6H2,1-2H3,(H,20,26,27);3H,1-2H3,(H,5,6)/t11-,12+,14-;/m0./s1. The van der Waals surface area contributed by atoms with Crippen molar-refractivity contribution in [3.05, 3.63) is 44.1 Å². The molecule has 0 unspecified atom stereocenters. The van der Waals surface area contributed by atoms with Gasteiger partial charge in [-0.25, -0.2) is 9.78 Å². The molecule has 1 aromatic carbocycles. The minimum atomic E-state index is -1.64. The highest BCUT2D eigenvalue weighted by atomic mass is 16.4. The molecule has 0 radical (unpaired) electrons. The van der Waals surface area contributed by atoms with Crippen molar-refractivity contribution >= 4 is 17.0 Å². The zero-order valence-corrected chi connectivity index (χ0v) is 18.7. The van der Waals surface area contributed by atoms with Crippen LogP contribution in [0.5, 0.6) is 0 Å². The van der Waals surface area contributed by atoms with Gasteiger partial charge < -0.3 is 30.1 Å². The van der Waals surface area contributed by atoms with E-state index < -0.39 is 42.1 Å². The number of aryl methyl sites for hydroxylation is 2. The maximum Gasteiger partial charge on any atom is 0.349 e. The first-order chi connectivity index (χ1) is 15.4. The first-order valence-corrected chi connectivity index (χ1v) is 10.2. The molecule has 0 aromatic heterocycles. The number of aromatic amines is 1. The smallest absolute Gasteiger partial charge is 0.349 e. The number of hydrogen-bond acceptors (Lipinski definition) is 9. The Balaban J connectivity index is 0.000000569. The Labute approximate surface area is 188 Å². The number of aliphatic hydroxyl groups excluding tert-OH is 4. The Morgan fingerprint density at radius 1 is 1.06 bits per heavy atom. The Hall–Kier alpha value is -3.19. The number of aliphatic hydroxyl groups is 4. The third-order valence-electron chi connectivity index (χ3n) is 5.06. The van der Waals surface area contributed by atoms with Gasteiger partial charge in [-0.2, -0.15) is 4.98 Å². The number of aromatic nitrogens is 4. The number of benzene rings is 1. The van der Waals surface area contributed by atoms with Gasteiger partial charge in [-0.3, -0.25) is 14.6 Å². The van der Waals surface area contributed by atoms with Crippen molar-refractivity contribution in [2.24, 2.45) is 5.92 Å². The van der Waals surface area contributed by atoms with Crippen LogP contribution < -0.4 is 11.2 Å². The van der Waals surface area contributed by atoms with Gasteiger partial charge in [0.2, 0.25) is 0 Å². The SMILES string of the molecule is CC(C)C(=O)O.Cc1cc2nc3c(=O)[nH]c(=O)nc-3n(C[C@H](O)[C@H](O)[C@H](O)CO)c2cc1C. The summed E-state index contributed by atoms with van der Waals surface area (Å²) in [6, 6.07) is 3.53. The average molecular weight is 464 g/mol. The fourth-order valence-corrected chi connectivity index (χ4v) is 2.89. The van der Waals surface area contributed by atoms with Crippen LogP contribution in [0.2, 0.25) is 0 Å². The fourth-order valence-electron chi connectivity index (χ4n) is 2.89. The van der Waals surface area contributed by atoms with E-state index in [0.717, 1.165) is 11.1 Å². The summed E-state index contributed by atoms with van der Waals surface area (Å²) >= 11 is 0. The van der Waals surface area contributed by atoms with E-state index in [-0.39, 0.29) is 24.0 Å². The third-order valence-corrected chi connectivity index (χ3v) is 5.06. The van der Waals surface area contributed by atoms with E-state index in [1.807, 2.05) is 13.8 Å². The molecule has 2 aliphatic heterocycles. The second-order valence-corrected chi connectivity index (χ2v) is 7.99. The van der Waals surface area contributed by atoms with Gasteiger partial charge >= 0.3 is 11.7 Å². The quantitative estimate of drug-likeness (QED) is 0.246. The normalized spacial score (nSPS) is 14.1. The molecule has 2 heterocycles. The molecule has 0 aliphatic carbocycles. The third kappa shape index (κ3) is 5.99. The molecule has 3 rings (SSSR count). The number of aliphatic carboxylic acids is 1. The molecule has 3 atom stereocenters. The minimum Gasteiger partial charge on any atom is -0.481 e. The van der Waals surface area contributed by atoms with Crippen LogP contribution >= 0.6 is 0 Å². The van der Waals surface area contributed by atoms with Gasteiger partial charge in [-0.1, -0.05) is 13.8 Å². The summed E-state index contributed by atoms with van der Waals surface area (Å²) in [4.78, 5) is 43.7. The van der Waals surface area contributed by atoms with Crippen molar-refractivity contribution in [3.63, 3.8) is 0 Å². The lowest BCUT2D eigenvalue weighted by molar-refractivity contribution is -0.140.